The molecule has 1 aliphatic rings. The van der Waals surface area contributed by atoms with Crippen molar-refractivity contribution in [2.75, 3.05) is 7.11 Å². The van der Waals surface area contributed by atoms with Gasteiger partial charge < -0.3 is 14.4 Å². The number of nitrogens with zero attached hydrogens (tertiary/aromatic N) is 1. The summed E-state index contributed by atoms with van der Waals surface area (Å²) in [6.07, 6.45) is 4.38. The summed E-state index contributed by atoms with van der Waals surface area (Å²) in [6.45, 7) is 0. The van der Waals surface area contributed by atoms with Crippen LogP contribution in [0.2, 0.25) is 0 Å². The summed E-state index contributed by atoms with van der Waals surface area (Å²) in [4.78, 5) is 22.9. The van der Waals surface area contributed by atoms with E-state index in [4.69, 9.17) is 9.84 Å². The van der Waals surface area contributed by atoms with Crippen molar-refractivity contribution in [1.82, 2.24) is 4.57 Å². The maximum atomic E-state index is 12.0. The van der Waals surface area contributed by atoms with Crippen LogP contribution in [0, 0.1) is 0 Å². The van der Waals surface area contributed by atoms with E-state index >= 15 is 0 Å². The second kappa shape index (κ2) is 4.71. The van der Waals surface area contributed by atoms with Gasteiger partial charge in [-0.25, -0.2) is 4.79 Å². The number of carboxylic acids is 1. The second-order valence-electron chi connectivity index (χ2n) is 4.21. The van der Waals surface area contributed by atoms with Crippen molar-refractivity contribution < 1.29 is 14.6 Å². The molecule has 2 atom stereocenters. The van der Waals surface area contributed by atoms with Gasteiger partial charge in [-0.05, 0) is 31.4 Å². The minimum Gasteiger partial charge on any atom is -0.477 e. The van der Waals surface area contributed by atoms with Crippen molar-refractivity contribution in [3.05, 3.63) is 34.2 Å². The van der Waals surface area contributed by atoms with Crippen LogP contribution >= 0.6 is 0 Å². The Kier molecular flexibility index (Phi) is 3.28. The number of carboxylic acid groups (broad SMARTS) is 1. The molecule has 1 unspecified atom stereocenters. The first-order valence-corrected chi connectivity index (χ1v) is 5.62. The maximum absolute atomic E-state index is 12.0. The molecule has 1 aromatic heterocycles. The first kappa shape index (κ1) is 11.9. The highest BCUT2D eigenvalue weighted by Gasteiger charge is 2.29. The minimum absolute atomic E-state index is 0.00301. The summed E-state index contributed by atoms with van der Waals surface area (Å²) in [5.41, 5.74) is -0.636. The average molecular weight is 237 g/mol. The highest BCUT2D eigenvalue weighted by atomic mass is 16.5. The lowest BCUT2D eigenvalue weighted by Crippen LogP contribution is -2.32. The molecule has 0 spiro atoms. The lowest BCUT2D eigenvalue weighted by molar-refractivity contribution is 0.0677. The van der Waals surface area contributed by atoms with Crippen LogP contribution in [0.1, 0.15) is 35.7 Å². The van der Waals surface area contributed by atoms with Crippen molar-refractivity contribution in [2.24, 2.45) is 0 Å². The fourth-order valence-corrected chi connectivity index (χ4v) is 2.43. The molecule has 92 valence electrons. The van der Waals surface area contributed by atoms with Crippen molar-refractivity contribution in [3.63, 3.8) is 0 Å². The molecule has 0 radical (unpaired) electrons. The van der Waals surface area contributed by atoms with Crippen molar-refractivity contribution in [3.8, 4) is 0 Å². The average Bonchev–Trinajstić information content (AvgIpc) is 2.76. The normalized spacial score (nSPS) is 23.8. The highest BCUT2D eigenvalue weighted by molar-refractivity contribution is 5.86. The molecule has 0 amide bonds. The van der Waals surface area contributed by atoms with Crippen molar-refractivity contribution >= 4 is 5.97 Å². The number of aromatic nitrogens is 1. The second-order valence-corrected chi connectivity index (χ2v) is 4.21. The Balaban J connectivity index is 2.42. The Morgan fingerprint density at radius 3 is 2.94 bits per heavy atom. The predicted octanol–water partition coefficient (Wildman–Crippen LogP) is 1.29. The lowest BCUT2D eigenvalue weighted by atomic mass is 10.2. The smallest absolute Gasteiger partial charge is 0.341 e. The number of carbonyl (C=O) groups is 1. The number of hydrogen-bond acceptors (Lipinski definition) is 3. The summed E-state index contributed by atoms with van der Waals surface area (Å²) in [6, 6.07) is 2.88. The van der Waals surface area contributed by atoms with Gasteiger partial charge in [0.2, 0.25) is 0 Å². The van der Waals surface area contributed by atoms with Gasteiger partial charge in [0.25, 0.3) is 5.56 Å². The van der Waals surface area contributed by atoms with Gasteiger partial charge in [-0.3, -0.25) is 4.79 Å². The van der Waals surface area contributed by atoms with E-state index in [-0.39, 0.29) is 17.7 Å². The van der Waals surface area contributed by atoms with E-state index in [2.05, 4.69) is 0 Å². The zero-order chi connectivity index (χ0) is 12.4. The van der Waals surface area contributed by atoms with Crippen LogP contribution in [0.3, 0.4) is 0 Å². The largest absolute Gasteiger partial charge is 0.477 e. The molecule has 0 aliphatic heterocycles. The van der Waals surface area contributed by atoms with Crippen LogP contribution in [0.15, 0.2) is 23.1 Å². The van der Waals surface area contributed by atoms with Gasteiger partial charge in [-0.15, -0.1) is 0 Å². The van der Waals surface area contributed by atoms with Crippen LogP contribution in [-0.4, -0.2) is 28.9 Å². The van der Waals surface area contributed by atoms with Gasteiger partial charge in [-0.1, -0.05) is 0 Å². The Labute approximate surface area is 98.6 Å². The van der Waals surface area contributed by atoms with Crippen LogP contribution < -0.4 is 5.56 Å². The standard InChI is InChI=1S/C12H15NO4/c1-17-10-6-2-5-9(10)13-7-3-4-8(11(13)14)12(15)16/h3-4,7,9-10H,2,5-6H2,1H3,(H,15,16)/t9?,10-/m1/s1. The topological polar surface area (TPSA) is 68.5 Å². The number of methoxy groups -OCH3 is 1. The molecule has 1 aromatic rings. The molecule has 5 heteroatoms. The molecule has 2 rings (SSSR count). The van der Waals surface area contributed by atoms with Crippen LogP contribution in [0.4, 0.5) is 0 Å². The Hall–Kier alpha value is -1.62. The Morgan fingerprint density at radius 1 is 1.53 bits per heavy atom. The maximum Gasteiger partial charge on any atom is 0.341 e. The number of rotatable bonds is 3. The van der Waals surface area contributed by atoms with E-state index in [1.54, 1.807) is 19.4 Å². The molecule has 1 heterocycles. The van der Waals surface area contributed by atoms with Gasteiger partial charge in [-0.2, -0.15) is 0 Å². The number of aromatic carboxylic acids is 1. The summed E-state index contributed by atoms with van der Waals surface area (Å²) in [5, 5.41) is 8.91. The third-order valence-electron chi connectivity index (χ3n) is 3.28. The predicted molar refractivity (Wildman–Crippen MR) is 61.3 cm³/mol. The summed E-state index contributed by atoms with van der Waals surface area (Å²) in [7, 11) is 1.62. The fraction of sp³-hybridized carbons (Fsp3) is 0.500. The van der Waals surface area contributed by atoms with E-state index in [0.29, 0.717) is 0 Å². The van der Waals surface area contributed by atoms with E-state index in [9.17, 15) is 9.59 Å². The molecule has 0 aromatic carbocycles. The quantitative estimate of drug-likeness (QED) is 0.860. The molecule has 5 nitrogen and oxygen atoms in total. The monoisotopic (exact) mass is 237 g/mol. The van der Waals surface area contributed by atoms with Gasteiger partial charge in [0.15, 0.2) is 0 Å². The van der Waals surface area contributed by atoms with E-state index in [1.807, 2.05) is 0 Å². The summed E-state index contributed by atoms with van der Waals surface area (Å²) >= 11 is 0. The van der Waals surface area contributed by atoms with Crippen LogP contribution in [-0.2, 0) is 4.74 Å². The van der Waals surface area contributed by atoms with Gasteiger partial charge >= 0.3 is 5.97 Å². The Bertz CT molecular complexity index is 480. The molecule has 17 heavy (non-hydrogen) atoms. The third-order valence-corrected chi connectivity index (χ3v) is 3.28. The molecule has 1 saturated carbocycles. The fourth-order valence-electron chi connectivity index (χ4n) is 2.43. The highest BCUT2D eigenvalue weighted by Crippen LogP contribution is 2.30. The van der Waals surface area contributed by atoms with E-state index in [0.717, 1.165) is 19.3 Å². The van der Waals surface area contributed by atoms with E-state index in [1.165, 1.54) is 10.6 Å². The third kappa shape index (κ3) is 2.10. The Morgan fingerprint density at radius 2 is 2.29 bits per heavy atom. The first-order chi connectivity index (χ1) is 8.15. The van der Waals surface area contributed by atoms with Gasteiger partial charge in [0.05, 0.1) is 12.1 Å². The summed E-state index contributed by atoms with van der Waals surface area (Å²) in [5.74, 6) is -1.18. The van der Waals surface area contributed by atoms with Gasteiger partial charge in [0.1, 0.15) is 5.56 Å². The molecule has 0 bridgehead atoms. The van der Waals surface area contributed by atoms with E-state index < -0.39 is 11.5 Å². The van der Waals surface area contributed by atoms with Crippen LogP contribution in [0.25, 0.3) is 0 Å². The minimum atomic E-state index is -1.18. The van der Waals surface area contributed by atoms with Crippen molar-refractivity contribution in [1.29, 1.82) is 0 Å². The van der Waals surface area contributed by atoms with Crippen molar-refractivity contribution in [2.45, 2.75) is 31.4 Å². The SMILES string of the molecule is CO[C@@H]1CCCC1n1cccc(C(=O)O)c1=O. The zero-order valence-corrected chi connectivity index (χ0v) is 9.63. The lowest BCUT2D eigenvalue weighted by Gasteiger charge is -2.20. The molecule has 0 saturated heterocycles. The summed E-state index contributed by atoms with van der Waals surface area (Å²) < 4.78 is 6.82. The molecule has 1 aliphatic carbocycles. The number of pyridine rings is 1. The molecular formula is C12H15NO4. The molecule has 1 fully saturated rings. The molecule has 1 N–H and O–H groups in total. The van der Waals surface area contributed by atoms with Crippen LogP contribution in [0.5, 0.6) is 0 Å². The first-order valence-electron chi connectivity index (χ1n) is 5.62. The zero-order valence-electron chi connectivity index (χ0n) is 9.63. The molecular weight excluding hydrogens is 222 g/mol. The number of hydrogen-bond donors (Lipinski definition) is 1. The van der Waals surface area contributed by atoms with Gasteiger partial charge in [0, 0.05) is 13.3 Å². The number of ether oxygens (including phenoxy) is 1.